The first-order chi connectivity index (χ1) is 9.33. The largest absolute Gasteiger partial charge is 0.331 e. The Hall–Kier alpha value is -1.61. The standard InChI is InChI=1S/C16H23N3/c1-3-4-16-18-11-12-19(16)13-15-7-5-14(6-8-15)9-10-17-2/h5-8,11-12,17H,3-4,9-10,13H2,1-2H3. The second kappa shape index (κ2) is 7.10. The summed E-state index contributed by atoms with van der Waals surface area (Å²) in [5.41, 5.74) is 2.72. The van der Waals surface area contributed by atoms with Crippen LogP contribution < -0.4 is 5.32 Å². The van der Waals surface area contributed by atoms with E-state index >= 15 is 0 Å². The molecule has 0 bridgehead atoms. The first-order valence-corrected chi connectivity index (χ1v) is 7.06. The van der Waals surface area contributed by atoms with Crippen LogP contribution in [0.5, 0.6) is 0 Å². The van der Waals surface area contributed by atoms with Crippen LogP contribution in [-0.2, 0) is 19.4 Å². The maximum absolute atomic E-state index is 4.41. The van der Waals surface area contributed by atoms with Crippen LogP contribution in [0.3, 0.4) is 0 Å². The van der Waals surface area contributed by atoms with Crippen molar-refractivity contribution in [2.45, 2.75) is 32.7 Å². The molecule has 0 amide bonds. The van der Waals surface area contributed by atoms with Crippen molar-refractivity contribution in [2.24, 2.45) is 0 Å². The van der Waals surface area contributed by atoms with Gasteiger partial charge in [0, 0.05) is 25.4 Å². The van der Waals surface area contributed by atoms with Gasteiger partial charge in [-0.15, -0.1) is 0 Å². The Morgan fingerprint density at radius 3 is 2.53 bits per heavy atom. The second-order valence-electron chi connectivity index (χ2n) is 4.89. The number of rotatable bonds is 7. The molecule has 0 saturated carbocycles. The van der Waals surface area contributed by atoms with Crippen molar-refractivity contribution in [3.8, 4) is 0 Å². The van der Waals surface area contributed by atoms with E-state index in [1.807, 2.05) is 13.2 Å². The summed E-state index contributed by atoms with van der Waals surface area (Å²) in [5.74, 6) is 1.18. The summed E-state index contributed by atoms with van der Waals surface area (Å²) in [7, 11) is 1.99. The lowest BCUT2D eigenvalue weighted by Gasteiger charge is -2.08. The van der Waals surface area contributed by atoms with Gasteiger partial charge in [-0.25, -0.2) is 4.98 Å². The van der Waals surface area contributed by atoms with E-state index < -0.39 is 0 Å². The van der Waals surface area contributed by atoms with Gasteiger partial charge in [-0.3, -0.25) is 0 Å². The first kappa shape index (κ1) is 13.8. The Balaban J connectivity index is 2.00. The van der Waals surface area contributed by atoms with Crippen molar-refractivity contribution < 1.29 is 0 Å². The number of imidazole rings is 1. The fourth-order valence-electron chi connectivity index (χ4n) is 2.21. The van der Waals surface area contributed by atoms with E-state index in [4.69, 9.17) is 0 Å². The topological polar surface area (TPSA) is 29.9 Å². The third-order valence-corrected chi connectivity index (χ3v) is 3.31. The highest BCUT2D eigenvalue weighted by atomic mass is 15.1. The van der Waals surface area contributed by atoms with Crippen molar-refractivity contribution in [3.05, 3.63) is 53.6 Å². The number of aryl methyl sites for hydroxylation is 1. The molecule has 0 spiro atoms. The SMILES string of the molecule is CCCc1nccn1Cc1ccc(CCNC)cc1. The molecule has 0 atom stereocenters. The monoisotopic (exact) mass is 257 g/mol. The van der Waals surface area contributed by atoms with Crippen molar-refractivity contribution in [1.82, 2.24) is 14.9 Å². The minimum absolute atomic E-state index is 0.918. The van der Waals surface area contributed by atoms with Gasteiger partial charge in [0.2, 0.25) is 0 Å². The fourth-order valence-corrected chi connectivity index (χ4v) is 2.21. The highest BCUT2D eigenvalue weighted by Gasteiger charge is 2.02. The molecule has 19 heavy (non-hydrogen) atoms. The molecular formula is C16H23N3. The summed E-state index contributed by atoms with van der Waals surface area (Å²) < 4.78 is 2.24. The van der Waals surface area contributed by atoms with E-state index in [0.29, 0.717) is 0 Å². The van der Waals surface area contributed by atoms with E-state index in [2.05, 4.69) is 52.3 Å². The van der Waals surface area contributed by atoms with Gasteiger partial charge < -0.3 is 9.88 Å². The lowest BCUT2D eigenvalue weighted by atomic mass is 10.1. The Kier molecular flexibility index (Phi) is 5.16. The van der Waals surface area contributed by atoms with Crippen LogP contribution in [-0.4, -0.2) is 23.1 Å². The Labute approximate surface area is 115 Å². The lowest BCUT2D eigenvalue weighted by Crippen LogP contribution is -2.10. The van der Waals surface area contributed by atoms with Gasteiger partial charge in [0.1, 0.15) is 5.82 Å². The van der Waals surface area contributed by atoms with Crippen LogP contribution in [0.25, 0.3) is 0 Å². The number of benzene rings is 1. The molecule has 2 aromatic rings. The van der Waals surface area contributed by atoms with Crippen molar-refractivity contribution in [3.63, 3.8) is 0 Å². The van der Waals surface area contributed by atoms with Gasteiger partial charge in [0.25, 0.3) is 0 Å². The quantitative estimate of drug-likeness (QED) is 0.826. The summed E-state index contributed by atoms with van der Waals surface area (Å²) >= 11 is 0. The zero-order valence-corrected chi connectivity index (χ0v) is 11.9. The van der Waals surface area contributed by atoms with E-state index in [9.17, 15) is 0 Å². The molecule has 0 aliphatic carbocycles. The number of nitrogens with one attached hydrogen (secondary N) is 1. The average Bonchev–Trinajstić information content (AvgIpc) is 2.86. The minimum atomic E-state index is 0.918. The zero-order chi connectivity index (χ0) is 13.5. The third kappa shape index (κ3) is 3.93. The van der Waals surface area contributed by atoms with Crippen molar-refractivity contribution >= 4 is 0 Å². The molecule has 102 valence electrons. The van der Waals surface area contributed by atoms with Crippen LogP contribution >= 0.6 is 0 Å². The van der Waals surface area contributed by atoms with Gasteiger partial charge in [0.05, 0.1) is 0 Å². The van der Waals surface area contributed by atoms with E-state index in [-0.39, 0.29) is 0 Å². The normalized spacial score (nSPS) is 10.8. The van der Waals surface area contributed by atoms with Crippen molar-refractivity contribution in [1.29, 1.82) is 0 Å². The van der Waals surface area contributed by atoms with Crippen LogP contribution in [0.1, 0.15) is 30.3 Å². The molecule has 1 aromatic heterocycles. The van der Waals surface area contributed by atoms with Gasteiger partial charge >= 0.3 is 0 Å². The summed E-state index contributed by atoms with van der Waals surface area (Å²) in [6.45, 7) is 4.14. The van der Waals surface area contributed by atoms with Crippen LogP contribution in [0, 0.1) is 0 Å². The smallest absolute Gasteiger partial charge is 0.108 e. The predicted octanol–water partition coefficient (Wildman–Crippen LogP) is 2.65. The molecule has 0 fully saturated rings. The fraction of sp³-hybridized carbons (Fsp3) is 0.438. The van der Waals surface area contributed by atoms with Crippen molar-refractivity contribution in [2.75, 3.05) is 13.6 Å². The molecule has 0 unspecified atom stereocenters. The second-order valence-corrected chi connectivity index (χ2v) is 4.89. The molecule has 3 nitrogen and oxygen atoms in total. The van der Waals surface area contributed by atoms with E-state index in [1.54, 1.807) is 0 Å². The van der Waals surface area contributed by atoms with Gasteiger partial charge in [-0.05, 0) is 37.6 Å². The molecule has 1 N–H and O–H groups in total. The number of likely N-dealkylation sites (N-methyl/N-ethyl adjacent to an activating group) is 1. The summed E-state index contributed by atoms with van der Waals surface area (Å²) in [4.78, 5) is 4.41. The summed E-state index contributed by atoms with van der Waals surface area (Å²) in [5, 5.41) is 3.18. The van der Waals surface area contributed by atoms with Gasteiger partial charge in [-0.1, -0.05) is 31.2 Å². The molecule has 3 heteroatoms. The van der Waals surface area contributed by atoms with Gasteiger partial charge in [0.15, 0.2) is 0 Å². The Bertz CT molecular complexity index is 485. The number of hydrogen-bond donors (Lipinski definition) is 1. The summed E-state index contributed by atoms with van der Waals surface area (Å²) in [6, 6.07) is 8.90. The highest BCUT2D eigenvalue weighted by Crippen LogP contribution is 2.09. The average molecular weight is 257 g/mol. The molecule has 0 radical (unpaired) electrons. The summed E-state index contributed by atoms with van der Waals surface area (Å²) in [6.07, 6.45) is 7.24. The number of nitrogens with zero attached hydrogens (tertiary/aromatic N) is 2. The molecule has 0 aliphatic rings. The number of aromatic nitrogens is 2. The third-order valence-electron chi connectivity index (χ3n) is 3.31. The van der Waals surface area contributed by atoms with Crippen LogP contribution in [0.2, 0.25) is 0 Å². The highest BCUT2D eigenvalue weighted by molar-refractivity contribution is 5.23. The number of hydrogen-bond acceptors (Lipinski definition) is 2. The minimum Gasteiger partial charge on any atom is -0.331 e. The van der Waals surface area contributed by atoms with Crippen LogP contribution in [0.15, 0.2) is 36.7 Å². The maximum atomic E-state index is 4.41. The Morgan fingerprint density at radius 1 is 1.11 bits per heavy atom. The maximum Gasteiger partial charge on any atom is 0.108 e. The molecule has 1 aromatic carbocycles. The van der Waals surface area contributed by atoms with E-state index in [0.717, 1.165) is 32.4 Å². The predicted molar refractivity (Wildman–Crippen MR) is 79.4 cm³/mol. The van der Waals surface area contributed by atoms with Crippen LogP contribution in [0.4, 0.5) is 0 Å². The first-order valence-electron chi connectivity index (χ1n) is 7.06. The van der Waals surface area contributed by atoms with Gasteiger partial charge in [-0.2, -0.15) is 0 Å². The molecule has 1 heterocycles. The zero-order valence-electron chi connectivity index (χ0n) is 11.9. The molecule has 0 saturated heterocycles. The lowest BCUT2D eigenvalue weighted by molar-refractivity contribution is 0.704. The molecule has 2 rings (SSSR count). The molecule has 0 aliphatic heterocycles. The van der Waals surface area contributed by atoms with E-state index in [1.165, 1.54) is 17.0 Å². The molecular weight excluding hydrogens is 234 g/mol. The Morgan fingerprint density at radius 2 is 1.84 bits per heavy atom.